The number of halogens is 1. The number of carbonyl (C=O) groups excluding carboxylic acids is 2. The van der Waals surface area contributed by atoms with Gasteiger partial charge in [0.15, 0.2) is 5.11 Å². The predicted molar refractivity (Wildman–Crippen MR) is 123 cm³/mol. The van der Waals surface area contributed by atoms with E-state index in [0.29, 0.717) is 5.69 Å². The van der Waals surface area contributed by atoms with Crippen LogP contribution in [0.2, 0.25) is 0 Å². The van der Waals surface area contributed by atoms with E-state index in [9.17, 15) is 14.0 Å². The maximum atomic E-state index is 13.3. The monoisotopic (exact) mass is 433 g/mol. The van der Waals surface area contributed by atoms with Gasteiger partial charge in [0, 0.05) is 17.1 Å². The van der Waals surface area contributed by atoms with Crippen molar-refractivity contribution in [3.8, 4) is 5.69 Å². The largest absolute Gasteiger partial charge is 0.318 e. The number of aryl methyl sites for hydroxylation is 2. The molecule has 1 aromatic heterocycles. The lowest BCUT2D eigenvalue weighted by Crippen LogP contribution is -2.54. The summed E-state index contributed by atoms with van der Waals surface area (Å²) in [5.41, 5.74) is 4.72. The summed E-state index contributed by atoms with van der Waals surface area (Å²) in [7, 11) is 0. The van der Waals surface area contributed by atoms with E-state index in [1.807, 2.05) is 49.6 Å². The average molecular weight is 434 g/mol. The molecule has 1 aliphatic heterocycles. The Morgan fingerprint density at radius 2 is 1.68 bits per heavy atom. The standard InChI is InChI=1S/C24H20FN3O2S/c1-14-6-4-5-7-21(14)28-23(30)20(22(29)26-24(28)31)13-17-12-15(2)27(16(17)3)19-10-8-18(25)9-11-19/h4-13H,1-3H3,(H,26,29,31)/b20-13-. The number of aromatic nitrogens is 1. The van der Waals surface area contributed by atoms with Crippen molar-refractivity contribution in [2.45, 2.75) is 20.8 Å². The summed E-state index contributed by atoms with van der Waals surface area (Å²) in [6.45, 7) is 5.68. The van der Waals surface area contributed by atoms with Crippen molar-refractivity contribution >= 4 is 40.9 Å². The number of carbonyl (C=O) groups is 2. The smallest absolute Gasteiger partial charge is 0.270 e. The number of hydrogen-bond acceptors (Lipinski definition) is 3. The summed E-state index contributed by atoms with van der Waals surface area (Å²) in [6.07, 6.45) is 1.58. The summed E-state index contributed by atoms with van der Waals surface area (Å²) in [5, 5.41) is 2.67. The van der Waals surface area contributed by atoms with Crippen LogP contribution in [-0.2, 0) is 9.59 Å². The molecule has 0 unspecified atom stereocenters. The van der Waals surface area contributed by atoms with Gasteiger partial charge < -0.3 is 4.57 Å². The normalized spacial score (nSPS) is 15.5. The van der Waals surface area contributed by atoms with E-state index in [1.165, 1.54) is 17.0 Å². The number of benzene rings is 2. The highest BCUT2D eigenvalue weighted by molar-refractivity contribution is 7.80. The number of para-hydroxylation sites is 1. The summed E-state index contributed by atoms with van der Waals surface area (Å²) in [5.74, 6) is -1.33. The molecule has 2 aromatic carbocycles. The maximum Gasteiger partial charge on any atom is 0.270 e. The van der Waals surface area contributed by atoms with Crippen LogP contribution in [0.4, 0.5) is 10.1 Å². The number of rotatable bonds is 3. The zero-order valence-corrected chi connectivity index (χ0v) is 18.1. The molecule has 5 nitrogen and oxygen atoms in total. The number of hydrogen-bond donors (Lipinski definition) is 1. The van der Waals surface area contributed by atoms with Crippen LogP contribution < -0.4 is 10.2 Å². The number of nitrogens with one attached hydrogen (secondary N) is 1. The second kappa shape index (κ2) is 7.92. The topological polar surface area (TPSA) is 54.3 Å². The van der Waals surface area contributed by atoms with Gasteiger partial charge in [-0.25, -0.2) is 4.39 Å². The zero-order valence-electron chi connectivity index (χ0n) is 17.3. The van der Waals surface area contributed by atoms with Crippen LogP contribution in [0.25, 0.3) is 11.8 Å². The first-order valence-electron chi connectivity index (χ1n) is 9.70. The molecular formula is C24H20FN3O2S. The van der Waals surface area contributed by atoms with E-state index in [0.717, 1.165) is 28.2 Å². The lowest BCUT2D eigenvalue weighted by molar-refractivity contribution is -0.122. The minimum atomic E-state index is -0.536. The molecule has 31 heavy (non-hydrogen) atoms. The highest BCUT2D eigenvalue weighted by atomic mass is 32.1. The lowest BCUT2D eigenvalue weighted by atomic mass is 10.1. The van der Waals surface area contributed by atoms with Gasteiger partial charge in [-0.15, -0.1) is 0 Å². The molecule has 0 atom stereocenters. The quantitative estimate of drug-likeness (QED) is 0.379. The molecule has 1 aliphatic rings. The molecule has 156 valence electrons. The number of nitrogens with zero attached hydrogens (tertiary/aromatic N) is 2. The second-order valence-electron chi connectivity index (χ2n) is 7.38. The Bertz CT molecular complexity index is 1260. The van der Waals surface area contributed by atoms with E-state index in [4.69, 9.17) is 12.2 Å². The van der Waals surface area contributed by atoms with E-state index in [1.54, 1.807) is 24.3 Å². The van der Waals surface area contributed by atoms with E-state index in [2.05, 4.69) is 5.32 Å². The number of amides is 2. The molecule has 1 N–H and O–H groups in total. The second-order valence-corrected chi connectivity index (χ2v) is 7.77. The maximum absolute atomic E-state index is 13.3. The van der Waals surface area contributed by atoms with Gasteiger partial charge in [-0.2, -0.15) is 0 Å². The summed E-state index contributed by atoms with van der Waals surface area (Å²) in [6, 6.07) is 15.4. The lowest BCUT2D eigenvalue weighted by Gasteiger charge is -2.30. The highest BCUT2D eigenvalue weighted by Gasteiger charge is 2.35. The molecule has 0 bridgehead atoms. The molecule has 1 fully saturated rings. The Hall–Kier alpha value is -3.58. The molecule has 0 saturated carbocycles. The van der Waals surface area contributed by atoms with Crippen LogP contribution in [0.1, 0.15) is 22.5 Å². The van der Waals surface area contributed by atoms with Crippen molar-refractivity contribution in [3.63, 3.8) is 0 Å². The first-order valence-corrected chi connectivity index (χ1v) is 10.1. The fourth-order valence-corrected chi connectivity index (χ4v) is 4.04. The predicted octanol–water partition coefficient (Wildman–Crippen LogP) is 4.37. The van der Waals surface area contributed by atoms with Gasteiger partial charge in [-0.1, -0.05) is 18.2 Å². The van der Waals surface area contributed by atoms with E-state index >= 15 is 0 Å². The van der Waals surface area contributed by atoms with Crippen molar-refractivity contribution in [2.24, 2.45) is 0 Å². The van der Waals surface area contributed by atoms with Gasteiger partial charge >= 0.3 is 0 Å². The van der Waals surface area contributed by atoms with Gasteiger partial charge in [-0.3, -0.25) is 19.8 Å². The third-order valence-corrected chi connectivity index (χ3v) is 5.60. The van der Waals surface area contributed by atoms with Crippen LogP contribution in [0, 0.1) is 26.6 Å². The highest BCUT2D eigenvalue weighted by Crippen LogP contribution is 2.27. The van der Waals surface area contributed by atoms with Crippen molar-refractivity contribution in [2.75, 3.05) is 4.90 Å². The fraction of sp³-hybridized carbons (Fsp3) is 0.125. The Morgan fingerprint density at radius 3 is 2.35 bits per heavy atom. The minimum absolute atomic E-state index is 0.00351. The average Bonchev–Trinajstić information content (AvgIpc) is 3.00. The zero-order chi connectivity index (χ0) is 22.3. The van der Waals surface area contributed by atoms with Gasteiger partial charge in [0.2, 0.25) is 0 Å². The first kappa shape index (κ1) is 20.7. The number of anilines is 1. The molecular weight excluding hydrogens is 413 g/mol. The third-order valence-electron chi connectivity index (χ3n) is 5.31. The minimum Gasteiger partial charge on any atom is -0.318 e. The Morgan fingerprint density at radius 1 is 1.00 bits per heavy atom. The Labute approximate surface area is 184 Å². The van der Waals surface area contributed by atoms with Crippen LogP contribution in [0.15, 0.2) is 60.2 Å². The van der Waals surface area contributed by atoms with Crippen molar-refractivity contribution in [1.29, 1.82) is 0 Å². The van der Waals surface area contributed by atoms with Crippen LogP contribution >= 0.6 is 12.2 Å². The fourth-order valence-electron chi connectivity index (χ4n) is 3.77. The van der Waals surface area contributed by atoms with E-state index < -0.39 is 11.8 Å². The summed E-state index contributed by atoms with van der Waals surface area (Å²) >= 11 is 5.28. The van der Waals surface area contributed by atoms with Gasteiger partial charge in [0.05, 0.1) is 5.69 Å². The Balaban J connectivity index is 1.77. The van der Waals surface area contributed by atoms with E-state index in [-0.39, 0.29) is 16.5 Å². The van der Waals surface area contributed by atoms with Gasteiger partial charge in [-0.05, 0) is 86.6 Å². The summed E-state index contributed by atoms with van der Waals surface area (Å²) < 4.78 is 15.3. The number of thiocarbonyl (C=S) groups is 1. The molecule has 2 amide bonds. The third kappa shape index (κ3) is 3.68. The molecule has 7 heteroatoms. The molecule has 0 aliphatic carbocycles. The molecule has 4 rings (SSSR count). The molecule has 1 saturated heterocycles. The molecule has 0 spiro atoms. The SMILES string of the molecule is Cc1ccccc1N1C(=O)/C(=C\c2cc(C)n(-c3ccc(F)cc3)c2C)C(=O)NC1=S. The van der Waals surface area contributed by atoms with Crippen LogP contribution in [-0.4, -0.2) is 21.5 Å². The summed E-state index contributed by atoms with van der Waals surface area (Å²) in [4.78, 5) is 27.2. The molecule has 0 radical (unpaired) electrons. The van der Waals surface area contributed by atoms with Gasteiger partial charge in [0.1, 0.15) is 11.4 Å². The van der Waals surface area contributed by atoms with Crippen molar-refractivity contribution in [3.05, 3.63) is 88.5 Å². The molecule has 3 aromatic rings. The van der Waals surface area contributed by atoms with Crippen LogP contribution in [0.5, 0.6) is 0 Å². The van der Waals surface area contributed by atoms with Crippen molar-refractivity contribution in [1.82, 2.24) is 9.88 Å². The first-order chi connectivity index (χ1) is 14.8. The van der Waals surface area contributed by atoms with Crippen LogP contribution in [0.3, 0.4) is 0 Å². The molecule has 2 heterocycles. The van der Waals surface area contributed by atoms with Crippen molar-refractivity contribution < 1.29 is 14.0 Å². The van der Waals surface area contributed by atoms with Gasteiger partial charge in [0.25, 0.3) is 11.8 Å². The Kier molecular flexibility index (Phi) is 5.29.